The van der Waals surface area contributed by atoms with Crippen LogP contribution in [-0.2, 0) is 4.79 Å². The molecule has 1 aromatic rings. The van der Waals surface area contributed by atoms with Crippen LogP contribution in [0.2, 0.25) is 0 Å². The van der Waals surface area contributed by atoms with Crippen molar-refractivity contribution >= 4 is 11.9 Å². The minimum atomic E-state index is -0.166. The Morgan fingerprint density at radius 2 is 1.93 bits per heavy atom. The predicted octanol–water partition coefficient (Wildman–Crippen LogP) is 2.34. The summed E-state index contributed by atoms with van der Waals surface area (Å²) in [4.78, 5) is 29.5. The average Bonchev–Trinajstić information content (AvgIpc) is 3.21. The van der Waals surface area contributed by atoms with E-state index in [1.165, 1.54) is 24.0 Å². The van der Waals surface area contributed by atoms with E-state index >= 15 is 0 Å². The summed E-state index contributed by atoms with van der Waals surface area (Å²) < 4.78 is 0. The number of piperidine rings is 1. The zero-order valence-corrected chi connectivity index (χ0v) is 17.2. The lowest BCUT2D eigenvalue weighted by molar-refractivity contribution is -0.126. The van der Waals surface area contributed by atoms with Crippen molar-refractivity contribution in [1.82, 2.24) is 20.4 Å². The summed E-state index contributed by atoms with van der Waals surface area (Å²) in [5, 5.41) is 6.00. The molecule has 154 valence electrons. The Labute approximate surface area is 168 Å². The summed E-state index contributed by atoms with van der Waals surface area (Å²) in [6, 6.07) is 8.35. The van der Waals surface area contributed by atoms with Gasteiger partial charge in [-0.05, 0) is 51.8 Å². The first-order valence-electron chi connectivity index (χ1n) is 10.7. The van der Waals surface area contributed by atoms with Gasteiger partial charge in [-0.2, -0.15) is 0 Å². The van der Waals surface area contributed by atoms with E-state index < -0.39 is 0 Å². The van der Waals surface area contributed by atoms with Crippen LogP contribution in [0.15, 0.2) is 24.3 Å². The topological polar surface area (TPSA) is 64.7 Å². The molecule has 6 heteroatoms. The molecule has 2 atom stereocenters. The standard InChI is InChI=1S/C22H34N4O2/c1-3-23-22(28)26-15-19(18-8-6-7-17(2)13-18)14-20(16-26)21(27)24-9-12-25-10-4-5-11-25/h6-8,13,19-20H,3-5,9-12,14-16H2,1-2H3,(H,23,28)(H,24,27)/t19-,20-/m1/s1. The number of likely N-dealkylation sites (tertiary alicyclic amines) is 2. The van der Waals surface area contributed by atoms with Crippen molar-refractivity contribution in [2.45, 2.75) is 39.0 Å². The molecule has 2 saturated heterocycles. The third-order valence-electron chi connectivity index (χ3n) is 5.88. The number of nitrogens with zero attached hydrogens (tertiary/aromatic N) is 2. The summed E-state index contributed by atoms with van der Waals surface area (Å²) in [5.74, 6) is 0.0943. The van der Waals surface area contributed by atoms with E-state index in [4.69, 9.17) is 0 Å². The van der Waals surface area contributed by atoms with E-state index in [1.54, 1.807) is 0 Å². The second kappa shape index (κ2) is 9.92. The van der Waals surface area contributed by atoms with Crippen LogP contribution < -0.4 is 10.6 Å². The third-order valence-corrected chi connectivity index (χ3v) is 5.88. The van der Waals surface area contributed by atoms with Gasteiger partial charge in [0, 0.05) is 38.6 Å². The molecule has 2 aliphatic rings. The largest absolute Gasteiger partial charge is 0.355 e. The molecule has 2 fully saturated rings. The molecule has 2 aliphatic heterocycles. The molecule has 0 bridgehead atoms. The first-order valence-corrected chi connectivity index (χ1v) is 10.7. The Balaban J connectivity index is 1.64. The Morgan fingerprint density at radius 1 is 1.14 bits per heavy atom. The summed E-state index contributed by atoms with van der Waals surface area (Å²) in [6.45, 7) is 9.62. The SMILES string of the molecule is CCNC(=O)N1C[C@H](C(=O)NCCN2CCCC2)C[C@@H](c2cccc(C)c2)C1. The number of amides is 3. The lowest BCUT2D eigenvalue weighted by Gasteiger charge is -2.37. The molecule has 0 saturated carbocycles. The fraction of sp³-hybridized carbons (Fsp3) is 0.636. The van der Waals surface area contributed by atoms with Crippen LogP contribution in [0.1, 0.15) is 43.2 Å². The first kappa shape index (κ1) is 20.6. The normalized spacial score (nSPS) is 22.9. The van der Waals surface area contributed by atoms with Gasteiger partial charge in [-0.3, -0.25) is 4.79 Å². The van der Waals surface area contributed by atoms with E-state index in [-0.39, 0.29) is 23.8 Å². The second-order valence-corrected chi connectivity index (χ2v) is 8.12. The van der Waals surface area contributed by atoms with Gasteiger partial charge in [-0.25, -0.2) is 4.79 Å². The molecule has 0 aliphatic carbocycles. The van der Waals surface area contributed by atoms with Crippen molar-refractivity contribution < 1.29 is 9.59 Å². The average molecular weight is 387 g/mol. The van der Waals surface area contributed by atoms with E-state index in [9.17, 15) is 9.59 Å². The van der Waals surface area contributed by atoms with Crippen LogP contribution in [0.3, 0.4) is 0 Å². The molecule has 2 heterocycles. The summed E-state index contributed by atoms with van der Waals surface area (Å²) in [7, 11) is 0. The zero-order chi connectivity index (χ0) is 19.9. The summed E-state index contributed by atoms with van der Waals surface area (Å²) >= 11 is 0. The van der Waals surface area contributed by atoms with E-state index in [1.807, 2.05) is 11.8 Å². The monoisotopic (exact) mass is 386 g/mol. The number of hydrogen-bond acceptors (Lipinski definition) is 3. The van der Waals surface area contributed by atoms with Crippen LogP contribution in [0.5, 0.6) is 0 Å². The molecule has 0 spiro atoms. The molecule has 0 radical (unpaired) electrons. The number of benzene rings is 1. The fourth-order valence-electron chi connectivity index (χ4n) is 4.37. The predicted molar refractivity (Wildman–Crippen MR) is 111 cm³/mol. The van der Waals surface area contributed by atoms with Crippen molar-refractivity contribution in [3.63, 3.8) is 0 Å². The minimum absolute atomic E-state index is 0.0743. The molecule has 3 amide bonds. The van der Waals surface area contributed by atoms with Crippen LogP contribution in [0.4, 0.5) is 4.79 Å². The van der Waals surface area contributed by atoms with Gasteiger partial charge < -0.3 is 20.4 Å². The maximum Gasteiger partial charge on any atom is 0.317 e. The molecular formula is C22H34N4O2. The summed E-state index contributed by atoms with van der Waals surface area (Å²) in [6.07, 6.45) is 3.31. The molecular weight excluding hydrogens is 352 g/mol. The van der Waals surface area contributed by atoms with Gasteiger partial charge in [-0.15, -0.1) is 0 Å². The van der Waals surface area contributed by atoms with Gasteiger partial charge in [0.25, 0.3) is 0 Å². The van der Waals surface area contributed by atoms with E-state index in [0.717, 1.165) is 26.1 Å². The number of aryl methyl sites for hydroxylation is 1. The van der Waals surface area contributed by atoms with E-state index in [2.05, 4.69) is 46.7 Å². The number of hydrogen-bond donors (Lipinski definition) is 2. The highest BCUT2D eigenvalue weighted by molar-refractivity contribution is 5.81. The number of carbonyl (C=O) groups is 2. The molecule has 0 unspecified atom stereocenters. The Kier molecular flexibility index (Phi) is 7.31. The second-order valence-electron chi connectivity index (χ2n) is 8.12. The number of carbonyl (C=O) groups excluding carboxylic acids is 2. The quantitative estimate of drug-likeness (QED) is 0.789. The molecule has 28 heavy (non-hydrogen) atoms. The number of nitrogens with one attached hydrogen (secondary N) is 2. The zero-order valence-electron chi connectivity index (χ0n) is 17.2. The van der Waals surface area contributed by atoms with Gasteiger partial charge >= 0.3 is 6.03 Å². The lowest BCUT2D eigenvalue weighted by Crippen LogP contribution is -2.51. The molecule has 6 nitrogen and oxygen atoms in total. The van der Waals surface area contributed by atoms with Gasteiger partial charge in [-0.1, -0.05) is 29.8 Å². The maximum atomic E-state index is 12.9. The highest BCUT2D eigenvalue weighted by Gasteiger charge is 2.34. The third kappa shape index (κ3) is 5.47. The Hall–Kier alpha value is -2.08. The number of rotatable bonds is 6. The van der Waals surface area contributed by atoms with Crippen LogP contribution in [0.25, 0.3) is 0 Å². The van der Waals surface area contributed by atoms with Crippen LogP contribution in [0, 0.1) is 12.8 Å². The maximum absolute atomic E-state index is 12.9. The van der Waals surface area contributed by atoms with Gasteiger partial charge in [0.2, 0.25) is 5.91 Å². The van der Waals surface area contributed by atoms with Gasteiger partial charge in [0.05, 0.1) is 5.92 Å². The highest BCUT2D eigenvalue weighted by atomic mass is 16.2. The molecule has 3 rings (SSSR count). The van der Waals surface area contributed by atoms with Crippen LogP contribution in [-0.4, -0.2) is 67.6 Å². The van der Waals surface area contributed by atoms with Crippen molar-refractivity contribution in [3.05, 3.63) is 35.4 Å². The molecule has 0 aromatic heterocycles. The lowest BCUT2D eigenvalue weighted by atomic mass is 9.83. The fourth-order valence-corrected chi connectivity index (χ4v) is 4.37. The minimum Gasteiger partial charge on any atom is -0.355 e. The smallest absolute Gasteiger partial charge is 0.317 e. The van der Waals surface area contributed by atoms with Gasteiger partial charge in [0.15, 0.2) is 0 Å². The van der Waals surface area contributed by atoms with Crippen molar-refractivity contribution in [1.29, 1.82) is 0 Å². The van der Waals surface area contributed by atoms with Gasteiger partial charge in [0.1, 0.15) is 0 Å². The van der Waals surface area contributed by atoms with Crippen LogP contribution >= 0.6 is 0 Å². The molecule has 2 N–H and O–H groups in total. The first-order chi connectivity index (χ1) is 13.6. The van der Waals surface area contributed by atoms with Crippen molar-refractivity contribution in [2.75, 3.05) is 45.8 Å². The van der Waals surface area contributed by atoms with Crippen molar-refractivity contribution in [3.8, 4) is 0 Å². The number of urea groups is 1. The summed E-state index contributed by atoms with van der Waals surface area (Å²) in [5.41, 5.74) is 2.42. The Bertz CT molecular complexity index is 672. The molecule has 1 aromatic carbocycles. The van der Waals surface area contributed by atoms with Crippen molar-refractivity contribution in [2.24, 2.45) is 5.92 Å². The Morgan fingerprint density at radius 3 is 2.64 bits per heavy atom. The van der Waals surface area contributed by atoms with E-state index in [0.29, 0.717) is 26.2 Å². The highest BCUT2D eigenvalue weighted by Crippen LogP contribution is 2.31.